The number of ether oxygens (including phenoxy) is 1. The molecule has 0 amide bonds. The highest BCUT2D eigenvalue weighted by Crippen LogP contribution is 2.42. The third-order valence-electron chi connectivity index (χ3n) is 6.58. The molecule has 0 aliphatic heterocycles. The van der Waals surface area contributed by atoms with Crippen LogP contribution in [0.4, 0.5) is 22.0 Å². The molecule has 3 rings (SSSR count). The molecule has 0 spiro atoms. The molecule has 1 heterocycles. The van der Waals surface area contributed by atoms with Gasteiger partial charge in [0.15, 0.2) is 0 Å². The van der Waals surface area contributed by atoms with E-state index in [-0.39, 0.29) is 27.8 Å². The lowest BCUT2D eigenvalue weighted by Gasteiger charge is -2.25. The molecule has 196 valence electrons. The van der Waals surface area contributed by atoms with Gasteiger partial charge in [-0.05, 0) is 63.1 Å². The lowest BCUT2D eigenvalue weighted by molar-refractivity contribution is -0.146. The number of rotatable bonds is 9. The standard InChI is InChI=1S/C25H28ClF5N4O/c1-4-35-23(19-10-9-18(14(2)25(29,30)31)11-20(19)36-24(27)28)21(26)22(34-35)15(3)33-13-17-7-5-16(12-32)6-8-17/h9-11,14,16-17,24,33H,3-8,13H2,1-2H3. The van der Waals surface area contributed by atoms with E-state index in [1.54, 1.807) is 6.92 Å². The topological polar surface area (TPSA) is 62.9 Å². The Labute approximate surface area is 211 Å². The number of halogens is 6. The third-order valence-corrected chi connectivity index (χ3v) is 6.94. The van der Waals surface area contributed by atoms with Crippen LogP contribution in [0.1, 0.15) is 56.7 Å². The zero-order valence-corrected chi connectivity index (χ0v) is 20.8. The van der Waals surface area contributed by atoms with E-state index in [1.165, 1.54) is 16.8 Å². The summed E-state index contributed by atoms with van der Waals surface area (Å²) in [6.07, 6.45) is -1.02. The van der Waals surface area contributed by atoms with E-state index in [1.807, 2.05) is 0 Å². The van der Waals surface area contributed by atoms with Gasteiger partial charge in [-0.25, -0.2) is 0 Å². The number of nitrogens with one attached hydrogen (secondary N) is 1. The number of nitrogens with zero attached hydrogens (tertiary/aromatic N) is 3. The van der Waals surface area contributed by atoms with Crippen molar-refractivity contribution in [2.45, 2.75) is 64.8 Å². The Balaban J connectivity index is 1.90. The van der Waals surface area contributed by atoms with Crippen molar-refractivity contribution in [1.82, 2.24) is 15.1 Å². The Kier molecular flexibility index (Phi) is 8.88. The Morgan fingerprint density at radius 3 is 2.53 bits per heavy atom. The predicted octanol–water partition coefficient (Wildman–Crippen LogP) is 7.38. The summed E-state index contributed by atoms with van der Waals surface area (Å²) >= 11 is 6.64. The van der Waals surface area contributed by atoms with E-state index in [9.17, 15) is 22.0 Å². The smallest absolute Gasteiger partial charge is 0.395 e. The molecule has 1 N–H and O–H groups in total. The van der Waals surface area contributed by atoms with Gasteiger partial charge in [-0.1, -0.05) is 24.2 Å². The average Bonchev–Trinajstić information content (AvgIpc) is 3.17. The molecule has 1 saturated carbocycles. The summed E-state index contributed by atoms with van der Waals surface area (Å²) in [6.45, 7) is 4.43. The van der Waals surface area contributed by atoms with Gasteiger partial charge in [0.05, 0.1) is 28.4 Å². The number of alkyl halides is 5. The van der Waals surface area contributed by atoms with Crippen molar-refractivity contribution in [2.24, 2.45) is 11.8 Å². The van der Waals surface area contributed by atoms with Crippen LogP contribution >= 0.6 is 11.6 Å². The molecule has 1 aliphatic carbocycles. The summed E-state index contributed by atoms with van der Waals surface area (Å²) in [4.78, 5) is 0. The molecule has 1 unspecified atom stereocenters. The monoisotopic (exact) mass is 530 g/mol. The predicted molar refractivity (Wildman–Crippen MR) is 128 cm³/mol. The second-order valence-corrected chi connectivity index (χ2v) is 9.31. The summed E-state index contributed by atoms with van der Waals surface area (Å²) in [7, 11) is 0. The second-order valence-electron chi connectivity index (χ2n) is 8.93. The molecule has 1 aromatic heterocycles. The van der Waals surface area contributed by atoms with Gasteiger partial charge in [0.1, 0.15) is 11.4 Å². The van der Waals surface area contributed by atoms with Crippen molar-refractivity contribution >= 4 is 17.3 Å². The van der Waals surface area contributed by atoms with E-state index in [0.29, 0.717) is 30.4 Å². The Bertz CT molecular complexity index is 1120. The molecule has 11 heteroatoms. The van der Waals surface area contributed by atoms with Crippen LogP contribution in [-0.4, -0.2) is 29.1 Å². The first-order valence-corrected chi connectivity index (χ1v) is 12.1. The number of hydrogen-bond donors (Lipinski definition) is 1. The van der Waals surface area contributed by atoms with Crippen molar-refractivity contribution < 1.29 is 26.7 Å². The fourth-order valence-corrected chi connectivity index (χ4v) is 4.70. The van der Waals surface area contributed by atoms with Gasteiger partial charge in [0.2, 0.25) is 0 Å². The van der Waals surface area contributed by atoms with Crippen LogP contribution in [0.2, 0.25) is 5.02 Å². The molecule has 1 fully saturated rings. The highest BCUT2D eigenvalue weighted by Gasteiger charge is 2.37. The molecular weight excluding hydrogens is 503 g/mol. The number of benzene rings is 1. The van der Waals surface area contributed by atoms with Gasteiger partial charge in [-0.15, -0.1) is 0 Å². The molecule has 2 aromatic rings. The summed E-state index contributed by atoms with van der Waals surface area (Å²) in [5, 5.41) is 16.9. The fraction of sp³-hybridized carbons (Fsp3) is 0.520. The van der Waals surface area contributed by atoms with Crippen molar-refractivity contribution in [3.05, 3.63) is 41.1 Å². The van der Waals surface area contributed by atoms with Crippen molar-refractivity contribution in [3.8, 4) is 23.1 Å². The Hall–Kier alpha value is -2.80. The lowest BCUT2D eigenvalue weighted by Crippen LogP contribution is -2.25. The zero-order valence-electron chi connectivity index (χ0n) is 20.0. The van der Waals surface area contributed by atoms with Gasteiger partial charge in [-0.2, -0.15) is 32.3 Å². The minimum atomic E-state index is -4.54. The molecule has 0 saturated heterocycles. The van der Waals surface area contributed by atoms with Crippen LogP contribution < -0.4 is 10.1 Å². The maximum Gasteiger partial charge on any atom is 0.395 e. The maximum absolute atomic E-state index is 13.2. The van der Waals surface area contributed by atoms with Crippen LogP contribution in [0.25, 0.3) is 17.0 Å². The van der Waals surface area contributed by atoms with Crippen molar-refractivity contribution in [1.29, 1.82) is 5.26 Å². The van der Waals surface area contributed by atoms with Crippen LogP contribution in [0.15, 0.2) is 24.8 Å². The average molecular weight is 531 g/mol. The molecule has 36 heavy (non-hydrogen) atoms. The van der Waals surface area contributed by atoms with Gasteiger partial charge >= 0.3 is 12.8 Å². The lowest BCUT2D eigenvalue weighted by atomic mass is 9.83. The summed E-state index contributed by atoms with van der Waals surface area (Å²) < 4.78 is 72.1. The fourth-order valence-electron chi connectivity index (χ4n) is 4.35. The molecular formula is C25H28ClF5N4O. The van der Waals surface area contributed by atoms with E-state index in [4.69, 9.17) is 16.9 Å². The molecule has 1 aliphatic rings. The number of aromatic nitrogens is 2. The number of aryl methyl sites for hydroxylation is 1. The Morgan fingerprint density at radius 1 is 1.31 bits per heavy atom. The van der Waals surface area contributed by atoms with Crippen molar-refractivity contribution in [3.63, 3.8) is 0 Å². The van der Waals surface area contributed by atoms with Gasteiger partial charge in [-0.3, -0.25) is 4.68 Å². The SMILES string of the molecule is C=C(NCC1CCC(C#N)CC1)c1nn(CC)c(-c2ccc(C(C)C(F)(F)F)cc2OC(F)F)c1Cl. The summed E-state index contributed by atoms with van der Waals surface area (Å²) in [5.41, 5.74) is 0.887. The van der Waals surface area contributed by atoms with E-state index in [2.05, 4.69) is 27.8 Å². The van der Waals surface area contributed by atoms with Gasteiger partial charge in [0.25, 0.3) is 0 Å². The highest BCUT2D eigenvalue weighted by atomic mass is 35.5. The zero-order chi connectivity index (χ0) is 26.6. The van der Waals surface area contributed by atoms with E-state index < -0.39 is 24.5 Å². The van der Waals surface area contributed by atoms with E-state index in [0.717, 1.165) is 38.7 Å². The van der Waals surface area contributed by atoms with E-state index >= 15 is 0 Å². The number of nitriles is 1. The third kappa shape index (κ3) is 6.30. The van der Waals surface area contributed by atoms with Crippen molar-refractivity contribution in [2.75, 3.05) is 6.54 Å². The molecule has 0 radical (unpaired) electrons. The summed E-state index contributed by atoms with van der Waals surface area (Å²) in [6, 6.07) is 5.78. The highest BCUT2D eigenvalue weighted by molar-refractivity contribution is 6.34. The molecule has 1 aromatic carbocycles. The largest absolute Gasteiger partial charge is 0.434 e. The van der Waals surface area contributed by atoms with Crippen LogP contribution in [0, 0.1) is 23.2 Å². The number of hydrogen-bond acceptors (Lipinski definition) is 4. The van der Waals surface area contributed by atoms with Crippen LogP contribution in [0.3, 0.4) is 0 Å². The van der Waals surface area contributed by atoms with Gasteiger partial charge in [0, 0.05) is 24.6 Å². The van der Waals surface area contributed by atoms with Crippen LogP contribution in [-0.2, 0) is 6.54 Å². The van der Waals surface area contributed by atoms with Crippen LogP contribution in [0.5, 0.6) is 5.75 Å². The normalized spacial score (nSPS) is 19.1. The first-order chi connectivity index (χ1) is 17.0. The Morgan fingerprint density at radius 2 is 1.97 bits per heavy atom. The molecule has 5 nitrogen and oxygen atoms in total. The minimum Gasteiger partial charge on any atom is -0.434 e. The molecule has 1 atom stereocenters. The maximum atomic E-state index is 13.2. The first-order valence-electron chi connectivity index (χ1n) is 11.7. The first kappa shape index (κ1) is 27.8. The van der Waals surface area contributed by atoms with Gasteiger partial charge < -0.3 is 10.1 Å². The summed E-state index contributed by atoms with van der Waals surface area (Å²) in [5.74, 6) is -1.83. The molecule has 0 bridgehead atoms. The second kappa shape index (κ2) is 11.5. The minimum absolute atomic E-state index is 0.0943. The quantitative estimate of drug-likeness (QED) is 0.343.